The molecule has 1 N–H and O–H groups in total. The molecule has 2 saturated carbocycles. The number of nitrogens with one attached hydrogen (secondary N) is 1. The fourth-order valence-corrected chi connectivity index (χ4v) is 3.93. The van der Waals surface area contributed by atoms with Crippen LogP contribution in [-0.4, -0.2) is 32.0 Å². The number of halogens is 3. The first kappa shape index (κ1) is 16.3. The maximum Gasteiger partial charge on any atom is 0.511 e. The van der Waals surface area contributed by atoms with Crippen LogP contribution in [0.3, 0.4) is 0 Å². The highest BCUT2D eigenvalue weighted by molar-refractivity contribution is 7.90. The number of rotatable bonds is 4. The third kappa shape index (κ3) is 3.08. The average molecular weight is 327 g/mol. The molecule has 2 aliphatic rings. The first-order valence-corrected chi connectivity index (χ1v) is 7.96. The van der Waals surface area contributed by atoms with Crippen LogP contribution in [0.2, 0.25) is 0 Å². The van der Waals surface area contributed by atoms with E-state index in [0.29, 0.717) is 19.3 Å². The van der Waals surface area contributed by atoms with E-state index in [2.05, 4.69) is 6.58 Å². The monoisotopic (exact) mass is 327 g/mol. The van der Waals surface area contributed by atoms with Crippen molar-refractivity contribution in [3.8, 4) is 0 Å². The summed E-state index contributed by atoms with van der Waals surface area (Å²) < 4.78 is 66.6. The molecule has 0 radical (unpaired) electrons. The van der Waals surface area contributed by atoms with E-state index in [4.69, 9.17) is 4.74 Å². The van der Waals surface area contributed by atoms with Gasteiger partial charge in [-0.2, -0.15) is 13.2 Å². The molecule has 0 spiro atoms. The Kier molecular flexibility index (Phi) is 4.09. The Morgan fingerprint density at radius 2 is 1.95 bits per heavy atom. The zero-order chi connectivity index (χ0) is 16.0. The standard InChI is InChI=1S/C12H16F3NO4S/c1-6(2)11(17)20-9-5-7-3-4-8(9)10(7)16-21(18,19)12(13,14)15/h7-10,16H,1,3-5H2,2H3. The van der Waals surface area contributed by atoms with E-state index >= 15 is 0 Å². The van der Waals surface area contributed by atoms with Crippen molar-refractivity contribution in [1.82, 2.24) is 4.72 Å². The lowest BCUT2D eigenvalue weighted by molar-refractivity contribution is -0.146. The molecule has 120 valence electrons. The SMILES string of the molecule is C=C(C)C(=O)OC1CC2CCC1C2NS(=O)(=O)C(F)(F)F. The normalized spacial score (nSPS) is 32.2. The van der Waals surface area contributed by atoms with Crippen molar-refractivity contribution in [2.75, 3.05) is 0 Å². The number of carbonyl (C=O) groups is 1. The molecule has 0 saturated heterocycles. The second kappa shape index (κ2) is 5.28. The molecule has 0 amide bonds. The van der Waals surface area contributed by atoms with Gasteiger partial charge in [-0.15, -0.1) is 0 Å². The molecule has 4 unspecified atom stereocenters. The number of sulfonamides is 1. The first-order valence-electron chi connectivity index (χ1n) is 6.48. The van der Waals surface area contributed by atoms with E-state index in [9.17, 15) is 26.4 Å². The summed E-state index contributed by atoms with van der Waals surface area (Å²) in [5.74, 6) is -1.27. The zero-order valence-electron chi connectivity index (χ0n) is 11.3. The van der Waals surface area contributed by atoms with Crippen LogP contribution in [0.15, 0.2) is 12.2 Å². The number of hydrogen-bond acceptors (Lipinski definition) is 4. The van der Waals surface area contributed by atoms with Crippen LogP contribution < -0.4 is 4.72 Å². The summed E-state index contributed by atoms with van der Waals surface area (Å²) in [4.78, 5) is 11.5. The summed E-state index contributed by atoms with van der Waals surface area (Å²) in [5.41, 5.74) is -5.14. The fourth-order valence-electron chi connectivity index (χ4n) is 3.07. The highest BCUT2D eigenvalue weighted by Gasteiger charge is 2.55. The smallest absolute Gasteiger partial charge is 0.459 e. The quantitative estimate of drug-likeness (QED) is 0.630. The second-order valence-electron chi connectivity index (χ2n) is 5.55. The van der Waals surface area contributed by atoms with Gasteiger partial charge in [0.05, 0.1) is 0 Å². The van der Waals surface area contributed by atoms with Crippen LogP contribution in [0, 0.1) is 11.8 Å². The Morgan fingerprint density at radius 3 is 2.48 bits per heavy atom. The van der Waals surface area contributed by atoms with Crippen LogP contribution in [0.5, 0.6) is 0 Å². The first-order chi connectivity index (χ1) is 9.53. The molecule has 0 aromatic rings. The lowest BCUT2D eigenvalue weighted by atomic mass is 9.98. The van der Waals surface area contributed by atoms with Gasteiger partial charge >= 0.3 is 21.5 Å². The van der Waals surface area contributed by atoms with Gasteiger partial charge in [0, 0.05) is 17.5 Å². The van der Waals surface area contributed by atoms with Gasteiger partial charge < -0.3 is 4.74 Å². The van der Waals surface area contributed by atoms with Crippen LogP contribution in [-0.2, 0) is 19.6 Å². The number of carbonyl (C=O) groups excluding carboxylic acids is 1. The molecular weight excluding hydrogens is 311 g/mol. The van der Waals surface area contributed by atoms with Gasteiger partial charge in [0.25, 0.3) is 0 Å². The molecule has 0 aromatic heterocycles. The van der Waals surface area contributed by atoms with Crippen molar-refractivity contribution >= 4 is 16.0 Å². The predicted molar refractivity (Wildman–Crippen MR) is 67.4 cm³/mol. The van der Waals surface area contributed by atoms with Crippen molar-refractivity contribution in [2.24, 2.45) is 11.8 Å². The Hall–Kier alpha value is -1.09. The summed E-state index contributed by atoms with van der Waals surface area (Å²) in [5, 5.41) is 0. The number of alkyl halides is 3. The fraction of sp³-hybridized carbons (Fsp3) is 0.750. The van der Waals surface area contributed by atoms with Gasteiger partial charge in [-0.25, -0.2) is 17.9 Å². The molecule has 2 bridgehead atoms. The Morgan fingerprint density at radius 1 is 1.33 bits per heavy atom. The molecule has 2 rings (SSSR count). The molecule has 5 nitrogen and oxygen atoms in total. The van der Waals surface area contributed by atoms with E-state index in [-0.39, 0.29) is 11.5 Å². The van der Waals surface area contributed by atoms with Crippen LogP contribution in [0.4, 0.5) is 13.2 Å². The third-order valence-electron chi connectivity index (χ3n) is 4.06. The minimum atomic E-state index is -5.38. The van der Waals surface area contributed by atoms with Gasteiger partial charge in [-0.05, 0) is 32.1 Å². The third-order valence-corrected chi connectivity index (χ3v) is 5.25. The number of ether oxygens (including phenoxy) is 1. The summed E-state index contributed by atoms with van der Waals surface area (Å²) in [7, 11) is -5.38. The summed E-state index contributed by atoms with van der Waals surface area (Å²) in [6.45, 7) is 4.91. The summed E-state index contributed by atoms with van der Waals surface area (Å²) >= 11 is 0. The van der Waals surface area contributed by atoms with Crippen molar-refractivity contribution in [3.05, 3.63) is 12.2 Å². The van der Waals surface area contributed by atoms with Crippen molar-refractivity contribution in [2.45, 2.75) is 43.8 Å². The maximum atomic E-state index is 12.4. The maximum absolute atomic E-state index is 12.4. The highest BCUT2D eigenvalue weighted by atomic mass is 32.2. The van der Waals surface area contributed by atoms with E-state index in [1.807, 2.05) is 0 Å². The van der Waals surface area contributed by atoms with Crippen molar-refractivity contribution < 1.29 is 31.1 Å². The second-order valence-corrected chi connectivity index (χ2v) is 7.26. The molecule has 2 fully saturated rings. The number of hydrogen-bond donors (Lipinski definition) is 1. The molecule has 21 heavy (non-hydrogen) atoms. The van der Waals surface area contributed by atoms with Gasteiger partial charge in [0.1, 0.15) is 6.10 Å². The minimum Gasteiger partial charge on any atom is -0.459 e. The molecule has 9 heteroatoms. The zero-order valence-corrected chi connectivity index (χ0v) is 12.1. The molecule has 0 heterocycles. The Labute approximate surface area is 120 Å². The van der Waals surface area contributed by atoms with Gasteiger partial charge in [0.2, 0.25) is 0 Å². The molecule has 2 aliphatic carbocycles. The van der Waals surface area contributed by atoms with Crippen molar-refractivity contribution in [3.63, 3.8) is 0 Å². The van der Waals surface area contributed by atoms with E-state index in [1.54, 1.807) is 4.72 Å². The van der Waals surface area contributed by atoms with Gasteiger partial charge in [-0.1, -0.05) is 6.58 Å². The van der Waals surface area contributed by atoms with E-state index < -0.39 is 39.6 Å². The molecule has 0 aliphatic heterocycles. The van der Waals surface area contributed by atoms with E-state index in [1.165, 1.54) is 6.92 Å². The number of fused-ring (bicyclic) bond motifs is 2. The van der Waals surface area contributed by atoms with Crippen molar-refractivity contribution in [1.29, 1.82) is 0 Å². The highest BCUT2D eigenvalue weighted by Crippen LogP contribution is 2.47. The summed E-state index contributed by atoms with van der Waals surface area (Å²) in [6, 6.07) is -0.834. The van der Waals surface area contributed by atoms with Gasteiger partial charge in [0.15, 0.2) is 0 Å². The van der Waals surface area contributed by atoms with Gasteiger partial charge in [-0.3, -0.25) is 0 Å². The summed E-state index contributed by atoms with van der Waals surface area (Å²) in [6.07, 6.45) is 0.962. The van der Waals surface area contributed by atoms with Crippen LogP contribution in [0.1, 0.15) is 26.2 Å². The van der Waals surface area contributed by atoms with E-state index in [0.717, 1.165) is 0 Å². The largest absolute Gasteiger partial charge is 0.511 e. The molecule has 0 aromatic carbocycles. The van der Waals surface area contributed by atoms with Crippen LogP contribution in [0.25, 0.3) is 0 Å². The Bertz CT molecular complexity index is 557. The minimum absolute atomic E-state index is 0.199. The lowest BCUT2D eigenvalue weighted by Gasteiger charge is -2.23. The molecular formula is C12H16F3NO4S. The number of esters is 1. The topological polar surface area (TPSA) is 72.5 Å². The lowest BCUT2D eigenvalue weighted by Crippen LogP contribution is -2.45. The molecule has 4 atom stereocenters. The average Bonchev–Trinajstić information content (AvgIpc) is 2.83. The Balaban J connectivity index is 2.08. The predicted octanol–water partition coefficient (Wildman–Crippen LogP) is 1.71. The van der Waals surface area contributed by atoms with Crippen LogP contribution >= 0.6 is 0 Å².